The van der Waals surface area contributed by atoms with Crippen molar-refractivity contribution in [3.05, 3.63) is 53.9 Å². The standard InChI is InChI=1S/C20H28N4O/c1-17-8-12-23(13-9-17)11-5-10-21-20(25)19-14-22-24(16-19)15-18-6-3-2-4-7-18/h2-4,6-7,14,16-17H,5,8-13,15H2,1H3,(H,21,25). The average Bonchev–Trinajstić information content (AvgIpc) is 3.09. The van der Waals surface area contributed by atoms with Gasteiger partial charge in [0.15, 0.2) is 0 Å². The van der Waals surface area contributed by atoms with E-state index in [1.807, 2.05) is 24.4 Å². The van der Waals surface area contributed by atoms with Gasteiger partial charge in [-0.05, 0) is 50.4 Å². The Morgan fingerprint density at radius 1 is 1.24 bits per heavy atom. The number of rotatable bonds is 7. The number of hydrogen-bond donors (Lipinski definition) is 1. The number of benzene rings is 1. The Bertz CT molecular complexity index is 659. The first-order valence-corrected chi connectivity index (χ1v) is 9.27. The van der Waals surface area contributed by atoms with E-state index in [1.165, 1.54) is 31.5 Å². The molecule has 2 aromatic rings. The molecule has 1 saturated heterocycles. The number of carbonyl (C=O) groups is 1. The zero-order valence-electron chi connectivity index (χ0n) is 15.0. The first-order valence-electron chi connectivity index (χ1n) is 9.27. The fourth-order valence-corrected chi connectivity index (χ4v) is 3.23. The third-order valence-corrected chi connectivity index (χ3v) is 4.90. The van der Waals surface area contributed by atoms with Crippen molar-refractivity contribution in [1.29, 1.82) is 0 Å². The van der Waals surface area contributed by atoms with Gasteiger partial charge in [-0.25, -0.2) is 0 Å². The van der Waals surface area contributed by atoms with Crippen LogP contribution in [0.15, 0.2) is 42.7 Å². The molecule has 25 heavy (non-hydrogen) atoms. The number of piperidine rings is 1. The average molecular weight is 340 g/mol. The first kappa shape index (κ1) is 17.7. The topological polar surface area (TPSA) is 50.2 Å². The molecule has 0 atom stereocenters. The second-order valence-corrected chi connectivity index (χ2v) is 7.05. The van der Waals surface area contributed by atoms with Crippen LogP contribution in [-0.2, 0) is 6.54 Å². The van der Waals surface area contributed by atoms with Crippen molar-refractivity contribution in [2.75, 3.05) is 26.2 Å². The Balaban J connectivity index is 1.38. The fraction of sp³-hybridized carbons (Fsp3) is 0.500. The van der Waals surface area contributed by atoms with Crippen LogP contribution in [0.25, 0.3) is 0 Å². The van der Waals surface area contributed by atoms with E-state index in [0.29, 0.717) is 12.1 Å². The smallest absolute Gasteiger partial charge is 0.254 e. The quantitative estimate of drug-likeness (QED) is 0.789. The van der Waals surface area contributed by atoms with Gasteiger partial charge in [0, 0.05) is 12.7 Å². The molecule has 1 N–H and O–H groups in total. The van der Waals surface area contributed by atoms with Crippen molar-refractivity contribution in [2.45, 2.75) is 32.7 Å². The molecule has 0 spiro atoms. The van der Waals surface area contributed by atoms with E-state index >= 15 is 0 Å². The lowest BCUT2D eigenvalue weighted by Gasteiger charge is -2.30. The Morgan fingerprint density at radius 3 is 2.76 bits per heavy atom. The molecule has 0 bridgehead atoms. The zero-order valence-corrected chi connectivity index (χ0v) is 15.0. The maximum absolute atomic E-state index is 12.2. The molecule has 2 heterocycles. The van der Waals surface area contributed by atoms with E-state index in [1.54, 1.807) is 10.9 Å². The van der Waals surface area contributed by atoms with E-state index in [-0.39, 0.29) is 5.91 Å². The highest BCUT2D eigenvalue weighted by Gasteiger charge is 2.15. The van der Waals surface area contributed by atoms with Crippen LogP contribution >= 0.6 is 0 Å². The monoisotopic (exact) mass is 340 g/mol. The van der Waals surface area contributed by atoms with Crippen LogP contribution in [-0.4, -0.2) is 46.8 Å². The molecular formula is C20H28N4O. The molecule has 1 amide bonds. The normalized spacial score (nSPS) is 16.0. The highest BCUT2D eigenvalue weighted by molar-refractivity contribution is 5.93. The van der Waals surface area contributed by atoms with Crippen molar-refractivity contribution < 1.29 is 4.79 Å². The van der Waals surface area contributed by atoms with E-state index in [4.69, 9.17) is 0 Å². The maximum Gasteiger partial charge on any atom is 0.254 e. The molecule has 0 radical (unpaired) electrons. The summed E-state index contributed by atoms with van der Waals surface area (Å²) >= 11 is 0. The highest BCUT2D eigenvalue weighted by Crippen LogP contribution is 2.15. The molecule has 1 aromatic carbocycles. The molecule has 0 unspecified atom stereocenters. The second-order valence-electron chi connectivity index (χ2n) is 7.05. The fourth-order valence-electron chi connectivity index (χ4n) is 3.23. The minimum absolute atomic E-state index is 0.0356. The lowest BCUT2D eigenvalue weighted by molar-refractivity contribution is 0.0950. The Hall–Kier alpha value is -2.14. The minimum atomic E-state index is -0.0356. The number of nitrogens with one attached hydrogen (secondary N) is 1. The van der Waals surface area contributed by atoms with Crippen molar-refractivity contribution in [3.63, 3.8) is 0 Å². The summed E-state index contributed by atoms with van der Waals surface area (Å²) in [6.07, 6.45) is 7.05. The minimum Gasteiger partial charge on any atom is -0.352 e. The van der Waals surface area contributed by atoms with Gasteiger partial charge in [-0.3, -0.25) is 9.48 Å². The Labute approximate surface area is 150 Å². The number of likely N-dealkylation sites (tertiary alicyclic amines) is 1. The van der Waals surface area contributed by atoms with E-state index in [9.17, 15) is 4.79 Å². The van der Waals surface area contributed by atoms with Crippen LogP contribution < -0.4 is 5.32 Å². The Kier molecular flexibility index (Phi) is 6.23. The third-order valence-electron chi connectivity index (χ3n) is 4.90. The molecule has 0 saturated carbocycles. The van der Waals surface area contributed by atoms with E-state index in [0.717, 1.165) is 25.4 Å². The van der Waals surface area contributed by atoms with Crippen LogP contribution in [0.3, 0.4) is 0 Å². The SMILES string of the molecule is CC1CCN(CCCNC(=O)c2cnn(Cc3ccccc3)c2)CC1. The summed E-state index contributed by atoms with van der Waals surface area (Å²) in [5, 5.41) is 7.29. The molecular weight excluding hydrogens is 312 g/mol. The van der Waals surface area contributed by atoms with Crippen molar-refractivity contribution in [3.8, 4) is 0 Å². The first-order chi connectivity index (χ1) is 12.2. The lowest BCUT2D eigenvalue weighted by Crippen LogP contribution is -2.35. The van der Waals surface area contributed by atoms with Gasteiger partial charge in [0.25, 0.3) is 5.91 Å². The van der Waals surface area contributed by atoms with Crippen LogP contribution in [0.2, 0.25) is 0 Å². The molecule has 5 nitrogen and oxygen atoms in total. The molecule has 5 heteroatoms. The van der Waals surface area contributed by atoms with Gasteiger partial charge in [0.05, 0.1) is 18.3 Å². The third kappa shape index (κ3) is 5.43. The highest BCUT2D eigenvalue weighted by atomic mass is 16.1. The summed E-state index contributed by atoms with van der Waals surface area (Å²) in [5.41, 5.74) is 1.80. The lowest BCUT2D eigenvalue weighted by atomic mass is 9.99. The number of hydrogen-bond acceptors (Lipinski definition) is 3. The van der Waals surface area contributed by atoms with Gasteiger partial charge in [0.2, 0.25) is 0 Å². The van der Waals surface area contributed by atoms with Gasteiger partial charge in [0.1, 0.15) is 0 Å². The van der Waals surface area contributed by atoms with Crippen molar-refractivity contribution >= 4 is 5.91 Å². The van der Waals surface area contributed by atoms with Gasteiger partial charge in [-0.1, -0.05) is 37.3 Å². The molecule has 1 aromatic heterocycles. The van der Waals surface area contributed by atoms with E-state index in [2.05, 4.69) is 34.4 Å². The summed E-state index contributed by atoms with van der Waals surface area (Å²) in [4.78, 5) is 14.7. The van der Waals surface area contributed by atoms with Crippen LogP contribution in [0.5, 0.6) is 0 Å². The number of nitrogens with zero attached hydrogens (tertiary/aromatic N) is 3. The van der Waals surface area contributed by atoms with Gasteiger partial charge in [-0.15, -0.1) is 0 Å². The second kappa shape index (κ2) is 8.81. The molecule has 1 aliphatic rings. The predicted molar refractivity (Wildman–Crippen MR) is 99.6 cm³/mol. The van der Waals surface area contributed by atoms with Crippen LogP contribution in [0.4, 0.5) is 0 Å². The summed E-state index contributed by atoms with van der Waals surface area (Å²) in [6.45, 7) is 7.19. The zero-order chi connectivity index (χ0) is 17.5. The maximum atomic E-state index is 12.2. The molecule has 1 fully saturated rings. The molecule has 0 aliphatic carbocycles. The summed E-state index contributed by atoms with van der Waals surface area (Å²) < 4.78 is 1.80. The summed E-state index contributed by atoms with van der Waals surface area (Å²) in [6, 6.07) is 10.1. The van der Waals surface area contributed by atoms with Gasteiger partial charge < -0.3 is 10.2 Å². The van der Waals surface area contributed by atoms with Gasteiger partial charge >= 0.3 is 0 Å². The van der Waals surface area contributed by atoms with Crippen LogP contribution in [0.1, 0.15) is 42.1 Å². The summed E-state index contributed by atoms with van der Waals surface area (Å²) in [7, 11) is 0. The number of carbonyl (C=O) groups excluding carboxylic acids is 1. The molecule has 1 aliphatic heterocycles. The van der Waals surface area contributed by atoms with Crippen molar-refractivity contribution in [1.82, 2.24) is 20.0 Å². The van der Waals surface area contributed by atoms with E-state index < -0.39 is 0 Å². The number of aromatic nitrogens is 2. The number of amides is 1. The summed E-state index contributed by atoms with van der Waals surface area (Å²) in [5.74, 6) is 0.829. The van der Waals surface area contributed by atoms with Crippen LogP contribution in [0, 0.1) is 5.92 Å². The van der Waals surface area contributed by atoms with Gasteiger partial charge in [-0.2, -0.15) is 5.10 Å². The predicted octanol–water partition coefficient (Wildman–Crippen LogP) is 2.78. The Morgan fingerprint density at radius 2 is 2.00 bits per heavy atom. The molecule has 3 rings (SSSR count). The van der Waals surface area contributed by atoms with Crippen molar-refractivity contribution in [2.24, 2.45) is 5.92 Å². The largest absolute Gasteiger partial charge is 0.352 e. The molecule has 134 valence electrons.